The lowest BCUT2D eigenvalue weighted by atomic mass is 10.1. The van der Waals surface area contributed by atoms with Crippen LogP contribution in [-0.4, -0.2) is 41.0 Å². The summed E-state index contributed by atoms with van der Waals surface area (Å²) in [5.41, 5.74) is 2.65. The van der Waals surface area contributed by atoms with E-state index < -0.39 is 0 Å². The zero-order valence-corrected chi connectivity index (χ0v) is 13.3. The van der Waals surface area contributed by atoms with Crippen LogP contribution in [0, 0.1) is 5.92 Å². The fourth-order valence-corrected chi connectivity index (χ4v) is 3.59. The third-order valence-corrected chi connectivity index (χ3v) is 4.76. The van der Waals surface area contributed by atoms with Crippen molar-refractivity contribution in [2.45, 2.75) is 51.9 Å². The number of anilines is 1. The summed E-state index contributed by atoms with van der Waals surface area (Å²) in [5, 5.41) is 3.60. The minimum Gasteiger partial charge on any atom is -0.369 e. The Labute approximate surface area is 128 Å². The molecule has 1 aliphatic heterocycles. The number of fused-ring (bicyclic) bond motifs is 1. The Morgan fingerprint density at radius 3 is 2.76 bits per heavy atom. The lowest BCUT2D eigenvalue weighted by molar-refractivity contribution is 0.294. The van der Waals surface area contributed by atoms with Crippen molar-refractivity contribution in [1.29, 1.82) is 0 Å². The van der Waals surface area contributed by atoms with E-state index in [0.717, 1.165) is 25.2 Å². The molecule has 2 aliphatic rings. The van der Waals surface area contributed by atoms with Gasteiger partial charge in [-0.15, -0.1) is 0 Å². The molecule has 21 heavy (non-hydrogen) atoms. The van der Waals surface area contributed by atoms with E-state index in [4.69, 9.17) is 0 Å². The highest BCUT2D eigenvalue weighted by Gasteiger charge is 2.17. The Morgan fingerprint density at radius 1 is 1.10 bits per heavy atom. The van der Waals surface area contributed by atoms with E-state index in [2.05, 4.69) is 27.1 Å². The Kier molecular flexibility index (Phi) is 5.07. The van der Waals surface area contributed by atoms with E-state index in [9.17, 15) is 0 Å². The average molecular weight is 288 g/mol. The molecule has 3 rings (SSSR count). The van der Waals surface area contributed by atoms with Crippen molar-refractivity contribution in [3.8, 4) is 0 Å². The number of hydrogen-bond donors (Lipinski definition) is 1. The fourth-order valence-electron chi connectivity index (χ4n) is 3.59. The van der Waals surface area contributed by atoms with Crippen LogP contribution in [0.4, 0.5) is 5.82 Å². The second-order valence-corrected chi connectivity index (χ2v) is 6.70. The van der Waals surface area contributed by atoms with E-state index in [1.807, 2.05) is 0 Å². The number of nitrogens with one attached hydrogen (secondary N) is 1. The summed E-state index contributed by atoms with van der Waals surface area (Å²) in [4.78, 5) is 11.6. The van der Waals surface area contributed by atoms with Crippen molar-refractivity contribution in [3.05, 3.63) is 17.6 Å². The second-order valence-electron chi connectivity index (χ2n) is 6.70. The van der Waals surface area contributed by atoms with Crippen molar-refractivity contribution in [1.82, 2.24) is 14.9 Å². The molecule has 4 nitrogen and oxygen atoms in total. The van der Waals surface area contributed by atoms with Gasteiger partial charge in [0.1, 0.15) is 12.1 Å². The first-order valence-corrected chi connectivity index (χ1v) is 8.62. The summed E-state index contributed by atoms with van der Waals surface area (Å²) < 4.78 is 0. The Balaban J connectivity index is 1.57. The number of hydrogen-bond acceptors (Lipinski definition) is 4. The van der Waals surface area contributed by atoms with Gasteiger partial charge in [-0.05, 0) is 57.5 Å². The average Bonchev–Trinajstić information content (AvgIpc) is 2.87. The Morgan fingerprint density at radius 2 is 1.90 bits per heavy atom. The quantitative estimate of drug-likeness (QED) is 0.846. The van der Waals surface area contributed by atoms with Crippen LogP contribution < -0.4 is 5.32 Å². The van der Waals surface area contributed by atoms with Gasteiger partial charge in [0.2, 0.25) is 0 Å². The molecule has 1 aliphatic carbocycles. The van der Waals surface area contributed by atoms with Crippen molar-refractivity contribution in [2.75, 3.05) is 31.5 Å². The SMILES string of the molecule is CC(CNc1ncnc2c1CCCCC2)CN1CCCC1. The summed E-state index contributed by atoms with van der Waals surface area (Å²) in [6, 6.07) is 0. The molecular formula is C17H28N4. The maximum absolute atomic E-state index is 4.50. The maximum Gasteiger partial charge on any atom is 0.132 e. The summed E-state index contributed by atoms with van der Waals surface area (Å²) in [6.45, 7) is 7.13. The standard InChI is InChI=1S/C17H28N4/c1-14(12-21-9-5-6-10-21)11-18-17-15-7-3-2-4-8-16(15)19-13-20-17/h13-14H,2-12H2,1H3,(H,18,19,20). The predicted octanol–water partition coefficient (Wildman–Crippen LogP) is 2.89. The second kappa shape index (κ2) is 7.21. The molecule has 0 spiro atoms. The van der Waals surface area contributed by atoms with Gasteiger partial charge in [-0.1, -0.05) is 13.3 Å². The van der Waals surface area contributed by atoms with E-state index in [0.29, 0.717) is 5.92 Å². The van der Waals surface area contributed by atoms with Crippen molar-refractivity contribution >= 4 is 5.82 Å². The molecule has 1 saturated heterocycles. The first kappa shape index (κ1) is 14.8. The van der Waals surface area contributed by atoms with Crippen molar-refractivity contribution in [3.63, 3.8) is 0 Å². The molecule has 0 bridgehead atoms. The van der Waals surface area contributed by atoms with E-state index >= 15 is 0 Å². The minimum atomic E-state index is 0.666. The highest BCUT2D eigenvalue weighted by Crippen LogP contribution is 2.24. The van der Waals surface area contributed by atoms with Gasteiger partial charge in [0.25, 0.3) is 0 Å². The zero-order valence-electron chi connectivity index (χ0n) is 13.3. The van der Waals surface area contributed by atoms with Crippen LogP contribution >= 0.6 is 0 Å². The molecule has 1 fully saturated rings. The molecule has 116 valence electrons. The molecule has 0 amide bonds. The molecule has 1 aromatic rings. The molecule has 4 heteroatoms. The summed E-state index contributed by atoms with van der Waals surface area (Å²) in [7, 11) is 0. The van der Waals surface area contributed by atoms with E-state index in [1.165, 1.54) is 63.0 Å². The molecule has 0 radical (unpaired) electrons. The third kappa shape index (κ3) is 3.94. The first-order chi connectivity index (χ1) is 10.3. The summed E-state index contributed by atoms with van der Waals surface area (Å²) in [6.07, 6.45) is 10.6. The summed E-state index contributed by atoms with van der Waals surface area (Å²) >= 11 is 0. The van der Waals surface area contributed by atoms with Crippen LogP contribution in [0.5, 0.6) is 0 Å². The minimum absolute atomic E-state index is 0.666. The number of aryl methyl sites for hydroxylation is 1. The molecule has 1 atom stereocenters. The Hall–Kier alpha value is -1.16. The molecule has 0 aromatic carbocycles. The number of likely N-dealkylation sites (tertiary alicyclic amines) is 1. The summed E-state index contributed by atoms with van der Waals surface area (Å²) in [5.74, 6) is 1.76. The van der Waals surface area contributed by atoms with Gasteiger partial charge in [-0.2, -0.15) is 0 Å². The normalized spacial score (nSPS) is 20.8. The van der Waals surface area contributed by atoms with Crippen LogP contribution in [0.2, 0.25) is 0 Å². The van der Waals surface area contributed by atoms with Crippen LogP contribution in [0.15, 0.2) is 6.33 Å². The number of nitrogens with zero attached hydrogens (tertiary/aromatic N) is 3. The molecular weight excluding hydrogens is 260 g/mol. The third-order valence-electron chi connectivity index (χ3n) is 4.76. The van der Waals surface area contributed by atoms with Gasteiger partial charge < -0.3 is 10.2 Å². The van der Waals surface area contributed by atoms with Crippen LogP contribution in [-0.2, 0) is 12.8 Å². The number of aromatic nitrogens is 2. The smallest absolute Gasteiger partial charge is 0.132 e. The number of rotatable bonds is 5. The topological polar surface area (TPSA) is 41.1 Å². The van der Waals surface area contributed by atoms with E-state index in [-0.39, 0.29) is 0 Å². The van der Waals surface area contributed by atoms with Crippen LogP contribution in [0.25, 0.3) is 0 Å². The van der Waals surface area contributed by atoms with Gasteiger partial charge in [-0.25, -0.2) is 9.97 Å². The monoisotopic (exact) mass is 288 g/mol. The molecule has 1 N–H and O–H groups in total. The highest BCUT2D eigenvalue weighted by molar-refractivity contribution is 5.46. The first-order valence-electron chi connectivity index (χ1n) is 8.62. The van der Waals surface area contributed by atoms with E-state index in [1.54, 1.807) is 6.33 Å². The van der Waals surface area contributed by atoms with Crippen LogP contribution in [0.3, 0.4) is 0 Å². The van der Waals surface area contributed by atoms with Crippen LogP contribution in [0.1, 0.15) is 50.3 Å². The van der Waals surface area contributed by atoms with Gasteiger partial charge in [-0.3, -0.25) is 0 Å². The zero-order chi connectivity index (χ0) is 14.5. The molecule has 1 unspecified atom stereocenters. The lowest BCUT2D eigenvalue weighted by Crippen LogP contribution is -2.29. The Bertz CT molecular complexity index is 454. The van der Waals surface area contributed by atoms with Crippen molar-refractivity contribution in [2.24, 2.45) is 5.92 Å². The molecule has 0 saturated carbocycles. The molecule has 2 heterocycles. The van der Waals surface area contributed by atoms with Crippen molar-refractivity contribution < 1.29 is 0 Å². The highest BCUT2D eigenvalue weighted by atomic mass is 15.1. The predicted molar refractivity (Wildman–Crippen MR) is 86.6 cm³/mol. The van der Waals surface area contributed by atoms with Gasteiger partial charge in [0, 0.05) is 24.3 Å². The van der Waals surface area contributed by atoms with Gasteiger partial charge >= 0.3 is 0 Å². The maximum atomic E-state index is 4.50. The fraction of sp³-hybridized carbons (Fsp3) is 0.765. The van der Waals surface area contributed by atoms with Gasteiger partial charge in [0.15, 0.2) is 0 Å². The largest absolute Gasteiger partial charge is 0.369 e. The van der Waals surface area contributed by atoms with Gasteiger partial charge in [0.05, 0.1) is 0 Å². The molecule has 1 aromatic heterocycles. The lowest BCUT2D eigenvalue weighted by Gasteiger charge is -2.21.